The molecule has 0 aliphatic heterocycles. The Morgan fingerprint density at radius 1 is 1.27 bits per heavy atom. The van der Waals surface area contributed by atoms with Gasteiger partial charge in [0, 0.05) is 5.57 Å². The number of imide groups is 1. The van der Waals surface area contributed by atoms with E-state index in [0.717, 1.165) is 6.42 Å². The number of hydrogen-bond acceptors (Lipinski definition) is 4. The summed E-state index contributed by atoms with van der Waals surface area (Å²) in [6.45, 7) is 6.88. The first kappa shape index (κ1) is 13.4. The maximum absolute atomic E-state index is 11.0. The minimum atomic E-state index is -1.06. The Balaban J connectivity index is 3.94. The van der Waals surface area contributed by atoms with Gasteiger partial charge >= 0.3 is 11.9 Å². The van der Waals surface area contributed by atoms with Crippen LogP contribution in [0.2, 0.25) is 0 Å². The number of carbonyl (C=O) groups is 3. The highest BCUT2D eigenvalue weighted by Gasteiger charge is 2.17. The van der Waals surface area contributed by atoms with Crippen molar-refractivity contribution in [3.05, 3.63) is 12.2 Å². The Labute approximate surface area is 88.5 Å². The number of hydrogen-bond donors (Lipinski definition) is 1. The summed E-state index contributed by atoms with van der Waals surface area (Å²) in [5.41, 5.74) is 0.157. The molecule has 0 aliphatic carbocycles. The van der Waals surface area contributed by atoms with E-state index in [2.05, 4.69) is 11.3 Å². The second-order valence-corrected chi connectivity index (χ2v) is 3.05. The maximum atomic E-state index is 11.0. The van der Waals surface area contributed by atoms with Crippen LogP contribution in [0.25, 0.3) is 0 Å². The monoisotopic (exact) mass is 213 g/mol. The van der Waals surface area contributed by atoms with E-state index in [1.165, 1.54) is 6.92 Å². The molecule has 2 amide bonds. The molecule has 0 aromatic rings. The van der Waals surface area contributed by atoms with E-state index in [0.29, 0.717) is 6.42 Å². The lowest BCUT2D eigenvalue weighted by atomic mass is 10.3. The summed E-state index contributed by atoms with van der Waals surface area (Å²) in [5, 5.41) is 1.85. The first-order chi connectivity index (χ1) is 6.99. The lowest BCUT2D eigenvalue weighted by Crippen LogP contribution is -2.37. The molecule has 0 aromatic heterocycles. The van der Waals surface area contributed by atoms with Crippen molar-refractivity contribution in [3.63, 3.8) is 0 Å². The lowest BCUT2D eigenvalue weighted by molar-refractivity contribution is -0.156. The van der Waals surface area contributed by atoms with Crippen LogP contribution in [0.5, 0.6) is 0 Å². The molecule has 0 saturated carbocycles. The van der Waals surface area contributed by atoms with Crippen LogP contribution in [0.3, 0.4) is 0 Å². The van der Waals surface area contributed by atoms with E-state index in [9.17, 15) is 14.4 Å². The largest absolute Gasteiger partial charge is 0.459 e. The molecular weight excluding hydrogens is 198 g/mol. The van der Waals surface area contributed by atoms with E-state index < -0.39 is 17.8 Å². The minimum Gasteiger partial charge on any atom is -0.459 e. The Hall–Kier alpha value is -1.65. The van der Waals surface area contributed by atoms with Crippen molar-refractivity contribution in [3.8, 4) is 0 Å². The van der Waals surface area contributed by atoms with Gasteiger partial charge in [-0.3, -0.25) is 14.9 Å². The quantitative estimate of drug-likeness (QED) is 0.320. The molecule has 0 saturated heterocycles. The SMILES string of the molecule is C=C(C)C(=O)NC(=O)C(=O)OCCCC. The van der Waals surface area contributed by atoms with Gasteiger partial charge in [-0.25, -0.2) is 4.79 Å². The first-order valence-corrected chi connectivity index (χ1v) is 4.67. The molecular formula is C10H15NO4. The second-order valence-electron chi connectivity index (χ2n) is 3.05. The molecule has 1 N–H and O–H groups in total. The van der Waals surface area contributed by atoms with E-state index >= 15 is 0 Å². The molecule has 0 fully saturated rings. The zero-order valence-corrected chi connectivity index (χ0v) is 8.96. The molecule has 0 unspecified atom stereocenters. The van der Waals surface area contributed by atoms with E-state index in [1.807, 2.05) is 12.2 Å². The number of ether oxygens (including phenoxy) is 1. The van der Waals surface area contributed by atoms with Crippen molar-refractivity contribution in [2.45, 2.75) is 26.7 Å². The second kappa shape index (κ2) is 6.75. The van der Waals surface area contributed by atoms with Crippen molar-refractivity contribution in [1.82, 2.24) is 5.32 Å². The molecule has 0 radical (unpaired) electrons. The highest BCUT2D eigenvalue weighted by atomic mass is 16.5. The predicted octanol–water partition coefficient (Wildman–Crippen LogP) is 0.549. The van der Waals surface area contributed by atoms with Crippen molar-refractivity contribution in [1.29, 1.82) is 0 Å². The third-order valence-corrected chi connectivity index (χ3v) is 1.53. The van der Waals surface area contributed by atoms with Crippen LogP contribution < -0.4 is 5.32 Å². The van der Waals surface area contributed by atoms with Gasteiger partial charge in [0.15, 0.2) is 0 Å². The molecule has 0 heterocycles. The number of nitrogens with one attached hydrogen (secondary N) is 1. The van der Waals surface area contributed by atoms with Crippen molar-refractivity contribution in [2.24, 2.45) is 0 Å². The third kappa shape index (κ3) is 5.61. The maximum Gasteiger partial charge on any atom is 0.397 e. The summed E-state index contributed by atoms with van der Waals surface area (Å²) in [5.74, 6) is -2.77. The van der Waals surface area contributed by atoms with Gasteiger partial charge in [0.2, 0.25) is 0 Å². The summed E-state index contributed by atoms with van der Waals surface area (Å²) in [6.07, 6.45) is 1.55. The van der Waals surface area contributed by atoms with E-state index in [1.54, 1.807) is 0 Å². The van der Waals surface area contributed by atoms with Gasteiger partial charge < -0.3 is 4.74 Å². The van der Waals surface area contributed by atoms with Gasteiger partial charge in [0.1, 0.15) is 0 Å². The summed E-state index contributed by atoms with van der Waals surface area (Å²) >= 11 is 0. The Kier molecular flexibility index (Phi) is 6.01. The number of amides is 2. The van der Waals surface area contributed by atoms with E-state index in [-0.39, 0.29) is 12.2 Å². The van der Waals surface area contributed by atoms with Crippen LogP contribution in [0.1, 0.15) is 26.7 Å². The van der Waals surface area contributed by atoms with Crippen molar-refractivity contribution < 1.29 is 19.1 Å². The van der Waals surface area contributed by atoms with Gasteiger partial charge in [-0.1, -0.05) is 19.9 Å². The van der Waals surface area contributed by atoms with Gasteiger partial charge in [0.25, 0.3) is 5.91 Å². The molecule has 0 atom stereocenters. The Bertz CT molecular complexity index is 283. The molecule has 15 heavy (non-hydrogen) atoms. The van der Waals surface area contributed by atoms with E-state index in [4.69, 9.17) is 0 Å². The highest BCUT2D eigenvalue weighted by Crippen LogP contribution is 1.90. The third-order valence-electron chi connectivity index (χ3n) is 1.53. The fourth-order valence-electron chi connectivity index (χ4n) is 0.636. The average Bonchev–Trinajstić information content (AvgIpc) is 2.17. The molecule has 5 nitrogen and oxygen atoms in total. The number of carbonyl (C=O) groups excluding carboxylic acids is 3. The minimum absolute atomic E-state index is 0.157. The summed E-state index contributed by atoms with van der Waals surface area (Å²) in [4.78, 5) is 32.9. The highest BCUT2D eigenvalue weighted by molar-refractivity contribution is 6.36. The molecule has 0 rings (SSSR count). The molecule has 5 heteroatoms. The standard InChI is InChI=1S/C10H15NO4/c1-4-5-6-15-10(14)9(13)11-8(12)7(2)3/h2,4-6H2,1,3H3,(H,11,12,13). The van der Waals surface area contributed by atoms with Crippen molar-refractivity contribution >= 4 is 17.8 Å². The Morgan fingerprint density at radius 2 is 1.87 bits per heavy atom. The summed E-state index contributed by atoms with van der Waals surface area (Å²) in [7, 11) is 0. The molecule has 84 valence electrons. The zero-order valence-electron chi connectivity index (χ0n) is 8.96. The number of unbranched alkanes of at least 4 members (excludes halogenated alkanes) is 1. The van der Waals surface area contributed by atoms with Gasteiger partial charge in [0.05, 0.1) is 6.61 Å². The van der Waals surface area contributed by atoms with Gasteiger partial charge in [-0.15, -0.1) is 0 Å². The number of esters is 1. The fraction of sp³-hybridized carbons (Fsp3) is 0.500. The van der Waals surface area contributed by atoms with Crippen LogP contribution in [0, 0.1) is 0 Å². The smallest absolute Gasteiger partial charge is 0.397 e. The van der Waals surface area contributed by atoms with Crippen LogP contribution in [0.4, 0.5) is 0 Å². The lowest BCUT2D eigenvalue weighted by Gasteiger charge is -2.03. The molecule has 0 bridgehead atoms. The summed E-state index contributed by atoms with van der Waals surface area (Å²) < 4.78 is 4.59. The number of rotatable bonds is 4. The molecule has 0 spiro atoms. The first-order valence-electron chi connectivity index (χ1n) is 4.67. The molecule has 0 aliphatic rings. The van der Waals surface area contributed by atoms with Crippen molar-refractivity contribution in [2.75, 3.05) is 6.61 Å². The van der Waals surface area contributed by atoms with Crippen LogP contribution in [0.15, 0.2) is 12.2 Å². The molecule has 0 aromatic carbocycles. The fourth-order valence-corrected chi connectivity index (χ4v) is 0.636. The normalized spacial score (nSPS) is 9.20. The predicted molar refractivity (Wildman–Crippen MR) is 53.8 cm³/mol. The van der Waals surface area contributed by atoms with Gasteiger partial charge in [-0.05, 0) is 13.3 Å². The van der Waals surface area contributed by atoms with Gasteiger partial charge in [-0.2, -0.15) is 0 Å². The average molecular weight is 213 g/mol. The zero-order chi connectivity index (χ0) is 11.8. The van der Waals surface area contributed by atoms with Crippen LogP contribution in [-0.2, 0) is 19.1 Å². The Morgan fingerprint density at radius 3 is 2.33 bits per heavy atom. The summed E-state index contributed by atoms with van der Waals surface area (Å²) in [6, 6.07) is 0. The topological polar surface area (TPSA) is 72.5 Å². The van der Waals surface area contributed by atoms with Crippen LogP contribution in [-0.4, -0.2) is 24.4 Å². The van der Waals surface area contributed by atoms with Crippen LogP contribution >= 0.6 is 0 Å².